The highest BCUT2D eigenvalue weighted by Gasteiger charge is 2.24. The second kappa shape index (κ2) is 6.37. The van der Waals surface area contributed by atoms with E-state index < -0.39 is 31.0 Å². The molecule has 1 heterocycles. The molecule has 0 aliphatic carbocycles. The van der Waals surface area contributed by atoms with E-state index in [1.807, 2.05) is 0 Å². The number of aliphatic hydroxyl groups excluding tert-OH is 1. The number of nitrogens with zero attached hydrogens (tertiary/aromatic N) is 2. The summed E-state index contributed by atoms with van der Waals surface area (Å²) in [4.78, 5) is 24.5. The standard InChI is InChI=1S/C11H15F2N3O3/c1-6-7(2)14-15-10(18)9(6)11(19)16(3-4-17)5-8(12)13/h8,17H,3-5H2,1-2H3,(H,15,18). The Labute approximate surface area is 108 Å². The molecule has 0 radical (unpaired) electrons. The Balaban J connectivity index is 3.16. The van der Waals surface area contributed by atoms with E-state index >= 15 is 0 Å². The van der Waals surface area contributed by atoms with Crippen LogP contribution in [0, 0.1) is 13.8 Å². The lowest BCUT2D eigenvalue weighted by Crippen LogP contribution is -2.40. The van der Waals surface area contributed by atoms with Crippen molar-refractivity contribution in [3.8, 4) is 0 Å². The predicted molar refractivity (Wildman–Crippen MR) is 63.3 cm³/mol. The van der Waals surface area contributed by atoms with Gasteiger partial charge >= 0.3 is 0 Å². The molecule has 0 aliphatic rings. The molecule has 8 heteroatoms. The molecule has 0 saturated heterocycles. The van der Waals surface area contributed by atoms with Crippen LogP contribution in [0.3, 0.4) is 0 Å². The maximum absolute atomic E-state index is 12.4. The summed E-state index contributed by atoms with van der Waals surface area (Å²) in [5, 5.41) is 14.6. The molecule has 1 aromatic rings. The van der Waals surface area contributed by atoms with Crippen molar-refractivity contribution in [2.24, 2.45) is 0 Å². The molecular weight excluding hydrogens is 260 g/mol. The number of H-pyrrole nitrogens is 1. The van der Waals surface area contributed by atoms with Crippen LogP contribution in [0.4, 0.5) is 8.78 Å². The topological polar surface area (TPSA) is 86.3 Å². The van der Waals surface area contributed by atoms with Gasteiger partial charge in [-0.25, -0.2) is 13.9 Å². The van der Waals surface area contributed by atoms with Gasteiger partial charge in [-0.05, 0) is 19.4 Å². The van der Waals surface area contributed by atoms with Crippen LogP contribution < -0.4 is 5.56 Å². The summed E-state index contributed by atoms with van der Waals surface area (Å²) >= 11 is 0. The Hall–Kier alpha value is -1.83. The van der Waals surface area contributed by atoms with E-state index in [-0.39, 0.29) is 12.1 Å². The number of aryl methyl sites for hydroxylation is 1. The Morgan fingerprint density at radius 3 is 2.63 bits per heavy atom. The van der Waals surface area contributed by atoms with E-state index in [1.54, 1.807) is 6.92 Å². The molecular formula is C11H15F2N3O3. The number of hydrogen-bond acceptors (Lipinski definition) is 4. The maximum atomic E-state index is 12.4. The van der Waals surface area contributed by atoms with Crippen molar-refractivity contribution in [3.05, 3.63) is 27.2 Å². The number of rotatable bonds is 5. The van der Waals surface area contributed by atoms with Crippen LogP contribution in [-0.4, -0.2) is 52.2 Å². The van der Waals surface area contributed by atoms with E-state index in [0.717, 1.165) is 4.90 Å². The Morgan fingerprint density at radius 1 is 1.47 bits per heavy atom. The lowest BCUT2D eigenvalue weighted by atomic mass is 10.1. The van der Waals surface area contributed by atoms with Crippen molar-refractivity contribution >= 4 is 5.91 Å². The fourth-order valence-corrected chi connectivity index (χ4v) is 1.60. The fourth-order valence-electron chi connectivity index (χ4n) is 1.60. The second-order valence-corrected chi connectivity index (χ2v) is 4.00. The largest absolute Gasteiger partial charge is 0.395 e. The van der Waals surface area contributed by atoms with E-state index in [4.69, 9.17) is 5.11 Å². The van der Waals surface area contributed by atoms with Gasteiger partial charge in [-0.2, -0.15) is 5.10 Å². The molecule has 1 amide bonds. The van der Waals surface area contributed by atoms with Gasteiger partial charge in [-0.15, -0.1) is 0 Å². The van der Waals surface area contributed by atoms with E-state index in [9.17, 15) is 18.4 Å². The first kappa shape index (κ1) is 15.2. The van der Waals surface area contributed by atoms with Gasteiger partial charge < -0.3 is 10.0 Å². The molecule has 0 saturated carbocycles. The molecule has 0 aliphatic heterocycles. The number of carbonyl (C=O) groups excluding carboxylic acids is 1. The molecule has 0 unspecified atom stereocenters. The number of halogens is 2. The summed E-state index contributed by atoms with van der Waals surface area (Å²) in [5.41, 5.74) is -0.179. The highest BCUT2D eigenvalue weighted by Crippen LogP contribution is 2.10. The number of nitrogens with one attached hydrogen (secondary N) is 1. The normalized spacial score (nSPS) is 10.8. The van der Waals surface area contributed by atoms with Crippen LogP contribution in [-0.2, 0) is 0 Å². The lowest BCUT2D eigenvalue weighted by Gasteiger charge is -2.21. The lowest BCUT2D eigenvalue weighted by molar-refractivity contribution is 0.0506. The summed E-state index contributed by atoms with van der Waals surface area (Å²) in [6.07, 6.45) is -2.74. The van der Waals surface area contributed by atoms with Crippen molar-refractivity contribution in [1.29, 1.82) is 0 Å². The van der Waals surface area contributed by atoms with Crippen molar-refractivity contribution < 1.29 is 18.7 Å². The first-order chi connectivity index (χ1) is 8.88. The zero-order valence-corrected chi connectivity index (χ0v) is 10.6. The van der Waals surface area contributed by atoms with Crippen molar-refractivity contribution in [2.45, 2.75) is 20.3 Å². The van der Waals surface area contributed by atoms with E-state index in [2.05, 4.69) is 10.2 Å². The zero-order valence-electron chi connectivity index (χ0n) is 10.6. The predicted octanol–water partition coefficient (Wildman–Crippen LogP) is 0.0863. The molecule has 1 rings (SSSR count). The average Bonchev–Trinajstić information content (AvgIpc) is 2.33. The number of aliphatic hydroxyl groups is 1. The molecule has 6 nitrogen and oxygen atoms in total. The van der Waals surface area contributed by atoms with E-state index in [1.165, 1.54) is 6.92 Å². The molecule has 2 N–H and O–H groups in total. The van der Waals surface area contributed by atoms with Gasteiger partial charge in [0.1, 0.15) is 5.56 Å². The summed E-state index contributed by atoms with van der Waals surface area (Å²) in [6, 6.07) is 0. The van der Waals surface area contributed by atoms with Gasteiger partial charge in [0.25, 0.3) is 17.9 Å². The van der Waals surface area contributed by atoms with Gasteiger partial charge in [0.2, 0.25) is 0 Å². The van der Waals surface area contributed by atoms with Crippen LogP contribution in [0.2, 0.25) is 0 Å². The minimum absolute atomic E-state index is 0.221. The monoisotopic (exact) mass is 275 g/mol. The fraction of sp³-hybridized carbons (Fsp3) is 0.545. The minimum atomic E-state index is -2.74. The number of carbonyl (C=O) groups is 1. The highest BCUT2D eigenvalue weighted by atomic mass is 19.3. The maximum Gasteiger partial charge on any atom is 0.277 e. The second-order valence-electron chi connectivity index (χ2n) is 4.00. The van der Waals surface area contributed by atoms with Crippen LogP contribution in [0.1, 0.15) is 21.6 Å². The van der Waals surface area contributed by atoms with Crippen molar-refractivity contribution in [3.63, 3.8) is 0 Å². The quantitative estimate of drug-likeness (QED) is 0.797. The molecule has 19 heavy (non-hydrogen) atoms. The Kier molecular flexibility index (Phi) is 5.11. The summed E-state index contributed by atoms with van der Waals surface area (Å²) in [6.45, 7) is 1.55. The molecule has 0 fully saturated rings. The van der Waals surface area contributed by atoms with Crippen LogP contribution in [0.25, 0.3) is 0 Å². The van der Waals surface area contributed by atoms with Gasteiger partial charge in [0.05, 0.1) is 18.8 Å². The third-order valence-electron chi connectivity index (χ3n) is 2.70. The van der Waals surface area contributed by atoms with E-state index in [0.29, 0.717) is 11.3 Å². The number of aromatic amines is 1. The first-order valence-electron chi connectivity index (χ1n) is 5.62. The third-order valence-corrected chi connectivity index (χ3v) is 2.70. The number of alkyl halides is 2. The average molecular weight is 275 g/mol. The number of hydrogen-bond donors (Lipinski definition) is 2. The summed E-state index contributed by atoms with van der Waals surface area (Å²) in [7, 11) is 0. The van der Waals surface area contributed by atoms with Crippen LogP contribution in [0.5, 0.6) is 0 Å². The number of aromatic nitrogens is 2. The number of amides is 1. The molecule has 106 valence electrons. The van der Waals surface area contributed by atoms with Crippen molar-refractivity contribution in [1.82, 2.24) is 15.1 Å². The van der Waals surface area contributed by atoms with Crippen LogP contribution in [0.15, 0.2) is 4.79 Å². The SMILES string of the molecule is Cc1n[nH]c(=O)c(C(=O)N(CCO)CC(F)F)c1C. The van der Waals surface area contributed by atoms with Gasteiger partial charge in [-0.1, -0.05) is 0 Å². The first-order valence-corrected chi connectivity index (χ1v) is 5.62. The van der Waals surface area contributed by atoms with Gasteiger partial charge in [0.15, 0.2) is 0 Å². The van der Waals surface area contributed by atoms with Gasteiger partial charge in [0, 0.05) is 6.54 Å². The Bertz CT molecular complexity index is 516. The summed E-state index contributed by atoms with van der Waals surface area (Å²) in [5.74, 6) is -0.835. The van der Waals surface area contributed by atoms with Crippen molar-refractivity contribution in [2.75, 3.05) is 19.7 Å². The third kappa shape index (κ3) is 3.57. The highest BCUT2D eigenvalue weighted by molar-refractivity contribution is 5.95. The zero-order chi connectivity index (χ0) is 14.6. The molecule has 0 atom stereocenters. The molecule has 1 aromatic heterocycles. The minimum Gasteiger partial charge on any atom is -0.395 e. The smallest absolute Gasteiger partial charge is 0.277 e. The molecule has 0 aromatic carbocycles. The Morgan fingerprint density at radius 2 is 2.11 bits per heavy atom. The van der Waals surface area contributed by atoms with Crippen LogP contribution >= 0.6 is 0 Å². The summed E-state index contributed by atoms with van der Waals surface area (Å²) < 4.78 is 24.8. The molecule has 0 spiro atoms. The molecule has 0 bridgehead atoms. The van der Waals surface area contributed by atoms with Gasteiger partial charge in [-0.3, -0.25) is 9.59 Å².